The van der Waals surface area contributed by atoms with E-state index < -0.39 is 0 Å². The zero-order valence-electron chi connectivity index (χ0n) is 11.8. The number of nitrogens with one attached hydrogen (secondary N) is 1. The molecule has 3 nitrogen and oxygen atoms in total. The highest BCUT2D eigenvalue weighted by Crippen LogP contribution is 2.08. The minimum atomic E-state index is -0.225. The van der Waals surface area contributed by atoms with Gasteiger partial charge in [-0.05, 0) is 13.0 Å². The van der Waals surface area contributed by atoms with Gasteiger partial charge in [-0.2, -0.15) is 0 Å². The molecule has 0 bridgehead atoms. The van der Waals surface area contributed by atoms with Gasteiger partial charge in [-0.3, -0.25) is 4.79 Å². The molecule has 0 aromatic heterocycles. The predicted octanol–water partition coefficient (Wildman–Crippen LogP) is 3.65. The largest absolute Gasteiger partial charge is 0.468 e. The lowest BCUT2D eigenvalue weighted by atomic mass is 10.1. The van der Waals surface area contributed by atoms with Crippen LogP contribution in [0.1, 0.15) is 58.3 Å². The minimum absolute atomic E-state index is 0.210. The van der Waals surface area contributed by atoms with Gasteiger partial charge in [-0.25, -0.2) is 0 Å². The van der Waals surface area contributed by atoms with Gasteiger partial charge in [-0.15, -0.1) is 0 Å². The Morgan fingerprint density at radius 3 is 2.22 bits per heavy atom. The molecule has 4 heteroatoms. The lowest BCUT2D eigenvalue weighted by molar-refractivity contribution is -0.139. The zero-order chi connectivity index (χ0) is 13.6. The average Bonchev–Trinajstić information content (AvgIpc) is 2.39. The molecule has 0 aliphatic rings. The Morgan fingerprint density at radius 1 is 1.11 bits per heavy atom. The summed E-state index contributed by atoms with van der Waals surface area (Å²) in [5.41, 5.74) is 0. The van der Waals surface area contributed by atoms with Crippen molar-refractivity contribution in [3.8, 4) is 0 Å². The number of unbranched alkanes of at least 4 members (excludes halogenated alkanes) is 7. The predicted molar refractivity (Wildman–Crippen MR) is 80.2 cm³/mol. The summed E-state index contributed by atoms with van der Waals surface area (Å²) < 4.78 is 4.63. The van der Waals surface area contributed by atoms with Crippen LogP contribution in [-0.2, 0) is 9.53 Å². The van der Waals surface area contributed by atoms with Crippen molar-refractivity contribution in [3.05, 3.63) is 0 Å². The molecule has 18 heavy (non-hydrogen) atoms. The molecule has 0 rings (SSSR count). The Morgan fingerprint density at radius 2 is 1.67 bits per heavy atom. The molecule has 1 unspecified atom stereocenters. The van der Waals surface area contributed by atoms with Crippen molar-refractivity contribution in [2.75, 3.05) is 20.2 Å². The molecule has 0 aliphatic carbocycles. The van der Waals surface area contributed by atoms with E-state index in [1.165, 1.54) is 58.5 Å². The highest BCUT2D eigenvalue weighted by atomic mass is 79.9. The van der Waals surface area contributed by atoms with Gasteiger partial charge in [0.25, 0.3) is 0 Å². The molecule has 0 heterocycles. The van der Waals surface area contributed by atoms with Crippen molar-refractivity contribution in [2.24, 2.45) is 0 Å². The summed E-state index contributed by atoms with van der Waals surface area (Å²) in [6.45, 7) is 3.87. The van der Waals surface area contributed by atoms with E-state index in [1.54, 1.807) is 0 Å². The molecule has 1 N–H and O–H groups in total. The molecule has 0 aromatic carbocycles. The smallest absolute Gasteiger partial charge is 0.320 e. The summed E-state index contributed by atoms with van der Waals surface area (Å²) in [5.74, 6) is -0.210. The second kappa shape index (κ2) is 13.3. The first-order valence-corrected chi connectivity index (χ1v) is 8.06. The molecule has 0 saturated carbocycles. The Kier molecular flexibility index (Phi) is 13.3. The number of rotatable bonds is 12. The van der Waals surface area contributed by atoms with Crippen LogP contribution in [0.5, 0.6) is 0 Å². The molecule has 0 aliphatic heterocycles. The van der Waals surface area contributed by atoms with Crippen LogP contribution in [0, 0.1) is 0 Å². The number of carbonyl (C=O) groups excluding carboxylic acids is 1. The quantitative estimate of drug-likeness (QED) is 0.339. The molecule has 0 radical (unpaired) electrons. The maximum absolute atomic E-state index is 11.1. The molecular formula is C14H28BrNO2. The van der Waals surface area contributed by atoms with E-state index in [9.17, 15) is 4.79 Å². The van der Waals surface area contributed by atoms with Crippen LogP contribution in [0.15, 0.2) is 0 Å². The Labute approximate surface area is 120 Å². The Hall–Kier alpha value is -0.0900. The second-order valence-electron chi connectivity index (χ2n) is 4.67. The first kappa shape index (κ1) is 17.9. The van der Waals surface area contributed by atoms with Crippen LogP contribution in [0.4, 0.5) is 0 Å². The monoisotopic (exact) mass is 321 g/mol. The fourth-order valence-corrected chi connectivity index (χ4v) is 2.24. The molecular weight excluding hydrogens is 294 g/mol. The van der Waals surface area contributed by atoms with Crippen molar-refractivity contribution >= 4 is 21.9 Å². The molecule has 0 spiro atoms. The lowest BCUT2D eigenvalue weighted by Crippen LogP contribution is -2.30. The Bertz CT molecular complexity index is 200. The van der Waals surface area contributed by atoms with Gasteiger partial charge in [0.1, 0.15) is 4.83 Å². The van der Waals surface area contributed by atoms with E-state index in [1.807, 2.05) is 0 Å². The van der Waals surface area contributed by atoms with Gasteiger partial charge in [0.2, 0.25) is 0 Å². The van der Waals surface area contributed by atoms with Crippen LogP contribution in [-0.4, -0.2) is 31.0 Å². The van der Waals surface area contributed by atoms with Gasteiger partial charge in [0.05, 0.1) is 7.11 Å². The van der Waals surface area contributed by atoms with Crippen molar-refractivity contribution in [3.63, 3.8) is 0 Å². The van der Waals surface area contributed by atoms with Gasteiger partial charge in [0.15, 0.2) is 0 Å². The van der Waals surface area contributed by atoms with E-state index in [0.717, 1.165) is 6.54 Å². The van der Waals surface area contributed by atoms with E-state index in [0.29, 0.717) is 6.54 Å². The summed E-state index contributed by atoms with van der Waals surface area (Å²) in [4.78, 5) is 10.9. The summed E-state index contributed by atoms with van der Waals surface area (Å²) in [6.07, 6.45) is 10.6. The third-order valence-corrected chi connectivity index (χ3v) is 3.69. The SMILES string of the molecule is CCCCCCCCCCNCC(Br)C(=O)OC. The molecule has 0 fully saturated rings. The van der Waals surface area contributed by atoms with Crippen LogP contribution < -0.4 is 5.32 Å². The summed E-state index contributed by atoms with van der Waals surface area (Å²) in [6, 6.07) is 0. The van der Waals surface area contributed by atoms with Crippen molar-refractivity contribution < 1.29 is 9.53 Å². The number of ether oxygens (including phenoxy) is 1. The number of alkyl halides is 1. The average molecular weight is 322 g/mol. The van der Waals surface area contributed by atoms with Crippen LogP contribution in [0.3, 0.4) is 0 Å². The molecule has 1 atom stereocenters. The first-order chi connectivity index (χ1) is 8.72. The number of carbonyl (C=O) groups is 1. The van der Waals surface area contributed by atoms with Crippen LogP contribution in [0.25, 0.3) is 0 Å². The van der Waals surface area contributed by atoms with Crippen molar-refractivity contribution in [1.82, 2.24) is 5.32 Å². The molecule has 0 aromatic rings. The summed E-state index contributed by atoms with van der Waals surface area (Å²) in [7, 11) is 1.41. The highest BCUT2D eigenvalue weighted by Gasteiger charge is 2.13. The van der Waals surface area contributed by atoms with Crippen molar-refractivity contribution in [2.45, 2.75) is 63.1 Å². The normalized spacial score (nSPS) is 12.4. The van der Waals surface area contributed by atoms with Gasteiger partial charge < -0.3 is 10.1 Å². The van der Waals surface area contributed by atoms with E-state index in [4.69, 9.17) is 0 Å². The lowest BCUT2D eigenvalue weighted by Gasteiger charge is -2.08. The van der Waals surface area contributed by atoms with Crippen molar-refractivity contribution in [1.29, 1.82) is 0 Å². The fourth-order valence-electron chi connectivity index (χ4n) is 1.82. The molecule has 0 saturated heterocycles. The number of halogens is 1. The van der Waals surface area contributed by atoms with Gasteiger partial charge in [-0.1, -0.05) is 67.8 Å². The first-order valence-electron chi connectivity index (χ1n) is 7.15. The van der Waals surface area contributed by atoms with E-state index >= 15 is 0 Å². The maximum Gasteiger partial charge on any atom is 0.320 e. The molecule has 108 valence electrons. The highest BCUT2D eigenvalue weighted by molar-refractivity contribution is 9.10. The van der Waals surface area contributed by atoms with Crippen LogP contribution in [0.2, 0.25) is 0 Å². The summed E-state index contributed by atoms with van der Waals surface area (Å²) in [5, 5.41) is 3.26. The number of methoxy groups -OCH3 is 1. The van der Waals surface area contributed by atoms with Crippen LogP contribution >= 0.6 is 15.9 Å². The van der Waals surface area contributed by atoms with E-state index in [-0.39, 0.29) is 10.8 Å². The second-order valence-corrected chi connectivity index (χ2v) is 5.78. The topological polar surface area (TPSA) is 38.3 Å². The summed E-state index contributed by atoms with van der Waals surface area (Å²) >= 11 is 3.28. The van der Waals surface area contributed by atoms with E-state index in [2.05, 4.69) is 32.9 Å². The zero-order valence-corrected chi connectivity index (χ0v) is 13.4. The number of hydrogen-bond acceptors (Lipinski definition) is 3. The van der Waals surface area contributed by atoms with Gasteiger partial charge in [0, 0.05) is 6.54 Å². The number of esters is 1. The Balaban J connectivity index is 3.14. The third kappa shape index (κ3) is 11.0. The molecule has 0 amide bonds. The minimum Gasteiger partial charge on any atom is -0.468 e. The standard InChI is InChI=1S/C14H28BrNO2/c1-3-4-5-6-7-8-9-10-11-16-12-13(15)14(17)18-2/h13,16H,3-12H2,1-2H3. The maximum atomic E-state index is 11.1. The third-order valence-electron chi connectivity index (χ3n) is 2.99. The van der Waals surface area contributed by atoms with Gasteiger partial charge >= 0.3 is 5.97 Å². The fraction of sp³-hybridized carbons (Fsp3) is 0.929. The number of hydrogen-bond donors (Lipinski definition) is 1.